The summed E-state index contributed by atoms with van der Waals surface area (Å²) in [5, 5.41) is 42.1. The quantitative estimate of drug-likeness (QED) is 0.0488. The number of amides is 8. The van der Waals surface area contributed by atoms with E-state index in [-0.39, 0.29) is 62.2 Å². The predicted molar refractivity (Wildman–Crippen MR) is 286 cm³/mol. The summed E-state index contributed by atoms with van der Waals surface area (Å²) in [4.78, 5) is 126. The Bertz CT molecular complexity index is 2180. The number of aromatic nitrogens is 1. The molecule has 0 aliphatic carbocycles. The molecule has 1 heterocycles. The van der Waals surface area contributed by atoms with Crippen LogP contribution < -0.4 is 48.3 Å². The van der Waals surface area contributed by atoms with Crippen molar-refractivity contribution in [2.75, 3.05) is 18.6 Å². The van der Waals surface area contributed by atoms with E-state index in [1.807, 2.05) is 85.9 Å². The number of benzene rings is 1. The topological polar surface area (TPSA) is 332 Å². The number of carboxylic acid groups (broad SMARTS) is 1. The molecule has 0 aliphatic heterocycles. The van der Waals surface area contributed by atoms with Crippen molar-refractivity contribution in [3.05, 3.63) is 36.0 Å². The van der Waals surface area contributed by atoms with Gasteiger partial charge in [-0.15, -0.1) is 0 Å². The number of carboxylic acids is 1. The van der Waals surface area contributed by atoms with Crippen LogP contribution in [0, 0.1) is 29.6 Å². The minimum absolute atomic E-state index is 0.00834. The molecule has 0 saturated carbocycles. The summed E-state index contributed by atoms with van der Waals surface area (Å²) >= 11 is 1.47. The van der Waals surface area contributed by atoms with E-state index in [4.69, 9.17) is 5.73 Å². The smallest absolute Gasteiger partial charge is 0.326 e. The fourth-order valence-corrected chi connectivity index (χ4v) is 8.59. The van der Waals surface area contributed by atoms with E-state index >= 15 is 0 Å². The van der Waals surface area contributed by atoms with Gasteiger partial charge < -0.3 is 63.5 Å². The maximum atomic E-state index is 14.5. The van der Waals surface area contributed by atoms with E-state index in [2.05, 4.69) is 47.5 Å². The molecule has 2 rings (SSSR count). The van der Waals surface area contributed by atoms with Crippen LogP contribution in [0.15, 0.2) is 30.5 Å². The number of para-hydroxylation sites is 1. The third-order valence-electron chi connectivity index (χ3n) is 12.3. The zero-order valence-corrected chi connectivity index (χ0v) is 46.2. The van der Waals surface area contributed by atoms with Crippen LogP contribution in [0.4, 0.5) is 0 Å². The van der Waals surface area contributed by atoms with Gasteiger partial charge in [0.05, 0.1) is 12.6 Å². The van der Waals surface area contributed by atoms with Gasteiger partial charge in [0, 0.05) is 23.5 Å². The number of aliphatic hydroxyl groups excluding tert-OH is 1. The van der Waals surface area contributed by atoms with E-state index in [0.717, 1.165) is 10.9 Å². The number of aliphatic hydroxyl groups is 1. The van der Waals surface area contributed by atoms with Crippen molar-refractivity contribution >= 4 is 75.9 Å². The maximum Gasteiger partial charge on any atom is 0.326 e. The number of thioether (sulfide) groups is 1. The number of carbonyl (C=O) groups is 9. The highest BCUT2D eigenvalue weighted by atomic mass is 32.2. The second-order valence-corrected chi connectivity index (χ2v) is 22.0. The molecule has 74 heavy (non-hydrogen) atoms. The first-order chi connectivity index (χ1) is 34.7. The molecular formula is C52H86N10O11S. The Balaban J connectivity index is 2.45. The predicted octanol–water partition coefficient (Wildman–Crippen LogP) is 2.00. The summed E-state index contributed by atoms with van der Waals surface area (Å²) in [6.07, 6.45) is 4.76. The Morgan fingerprint density at radius 3 is 1.32 bits per heavy atom. The first-order valence-corrected chi connectivity index (χ1v) is 27.2. The second kappa shape index (κ2) is 31.9. The second-order valence-electron chi connectivity index (χ2n) is 21.0. The molecule has 1 aromatic carbocycles. The molecule has 0 bridgehead atoms. The van der Waals surface area contributed by atoms with Crippen molar-refractivity contribution < 1.29 is 53.4 Å². The van der Waals surface area contributed by atoms with Crippen molar-refractivity contribution in [2.24, 2.45) is 35.3 Å². The molecular weight excluding hydrogens is 973 g/mol. The first-order valence-electron chi connectivity index (χ1n) is 25.8. The summed E-state index contributed by atoms with van der Waals surface area (Å²) in [6, 6.07) is -3.37. The van der Waals surface area contributed by atoms with E-state index < -0.39 is 120 Å². The molecule has 22 heteroatoms. The van der Waals surface area contributed by atoms with Crippen LogP contribution in [0.3, 0.4) is 0 Å². The largest absolute Gasteiger partial charge is 0.480 e. The Morgan fingerprint density at radius 1 is 0.554 bits per heavy atom. The van der Waals surface area contributed by atoms with Gasteiger partial charge in [0.1, 0.15) is 48.3 Å². The van der Waals surface area contributed by atoms with Crippen LogP contribution in [-0.4, -0.2) is 141 Å². The number of aromatic amines is 1. The van der Waals surface area contributed by atoms with Crippen molar-refractivity contribution in [1.29, 1.82) is 0 Å². The number of nitrogens with two attached hydrogens (primary N) is 1. The van der Waals surface area contributed by atoms with Crippen LogP contribution in [0.25, 0.3) is 10.9 Å². The SMILES string of the molecule is CC[C@H](C)[C@H](NC(=O)[C@H](CO)NC(=O)[C@H](CC(C)C)NC(=O)[C@H](CC(C)C)NC(=O)[C@H](CC(C)C)NC(=O)[C@H](CC(C)C)NC(=O)[C@H](Cc1c[nH]c2ccccc12)NC(=O)[C@H](CCSC)NC(=O)[C@H](C)N)C(=O)O. The molecule has 13 N–H and O–H groups in total. The van der Waals surface area contributed by atoms with Crippen molar-refractivity contribution in [2.45, 2.75) is 175 Å². The van der Waals surface area contributed by atoms with E-state index in [9.17, 15) is 53.4 Å². The lowest BCUT2D eigenvalue weighted by Crippen LogP contribution is -2.61. The molecule has 8 amide bonds. The Morgan fingerprint density at radius 2 is 0.932 bits per heavy atom. The number of nitrogens with one attached hydrogen (secondary N) is 9. The van der Waals surface area contributed by atoms with Crippen molar-refractivity contribution in [3.63, 3.8) is 0 Å². The molecule has 21 nitrogen and oxygen atoms in total. The molecule has 1 aromatic heterocycles. The number of rotatable bonds is 33. The van der Waals surface area contributed by atoms with Crippen molar-refractivity contribution in [3.8, 4) is 0 Å². The minimum atomic E-state index is -1.54. The highest BCUT2D eigenvalue weighted by Gasteiger charge is 2.36. The van der Waals surface area contributed by atoms with Crippen LogP contribution in [0.2, 0.25) is 0 Å². The number of hydrogen-bond acceptors (Lipinski definition) is 12. The van der Waals surface area contributed by atoms with Crippen LogP contribution in [-0.2, 0) is 49.6 Å². The average Bonchev–Trinajstić information content (AvgIpc) is 3.73. The van der Waals surface area contributed by atoms with Gasteiger partial charge in [0.25, 0.3) is 0 Å². The molecule has 416 valence electrons. The highest BCUT2D eigenvalue weighted by Crippen LogP contribution is 2.20. The third-order valence-corrected chi connectivity index (χ3v) is 13.0. The third kappa shape index (κ3) is 21.6. The van der Waals surface area contributed by atoms with E-state index in [1.165, 1.54) is 18.7 Å². The average molecular weight is 1060 g/mol. The van der Waals surface area contributed by atoms with Gasteiger partial charge in [-0.25, -0.2) is 4.79 Å². The highest BCUT2D eigenvalue weighted by molar-refractivity contribution is 7.98. The van der Waals surface area contributed by atoms with Gasteiger partial charge in [0.15, 0.2) is 0 Å². The summed E-state index contributed by atoms with van der Waals surface area (Å²) in [5.41, 5.74) is 7.33. The Kier molecular flexibility index (Phi) is 27.7. The summed E-state index contributed by atoms with van der Waals surface area (Å²) in [6.45, 7) is 18.7. The lowest BCUT2D eigenvalue weighted by atomic mass is 9.97. The maximum absolute atomic E-state index is 14.5. The lowest BCUT2D eigenvalue weighted by molar-refractivity contribution is -0.144. The Labute approximate surface area is 440 Å². The van der Waals surface area contributed by atoms with Crippen LogP contribution >= 0.6 is 11.8 Å². The first kappa shape index (κ1) is 64.4. The van der Waals surface area contributed by atoms with E-state index in [1.54, 1.807) is 20.0 Å². The van der Waals surface area contributed by atoms with Gasteiger partial charge in [-0.3, -0.25) is 38.4 Å². The minimum Gasteiger partial charge on any atom is -0.480 e. The fraction of sp³-hybridized carbons (Fsp3) is 0.673. The number of H-pyrrole nitrogens is 1. The fourth-order valence-electron chi connectivity index (χ4n) is 8.11. The molecule has 0 radical (unpaired) electrons. The summed E-state index contributed by atoms with van der Waals surface area (Å²) in [5.74, 6) is -7.52. The summed E-state index contributed by atoms with van der Waals surface area (Å²) in [7, 11) is 0. The monoisotopic (exact) mass is 1060 g/mol. The van der Waals surface area contributed by atoms with Gasteiger partial charge in [0.2, 0.25) is 47.3 Å². The molecule has 10 atom stereocenters. The normalized spacial score (nSPS) is 15.6. The van der Waals surface area contributed by atoms with Gasteiger partial charge in [-0.1, -0.05) is 93.9 Å². The van der Waals surface area contributed by atoms with E-state index in [0.29, 0.717) is 17.7 Å². The van der Waals surface area contributed by atoms with Gasteiger partial charge in [-0.2, -0.15) is 11.8 Å². The standard InChI is InChI=1S/C52H86N10O11S/c1-13-31(10)43(52(72)73)62-51(71)42(26-63)61-49(69)40(23-30(8)9)58-47(67)38(21-28(4)5)56-46(66)37(20-27(2)3)57-48(68)39(22-29(6)7)59-50(70)41(24-33-25-54-35-17-15-14-16-34(33)35)60-45(65)36(18-19-74-12)55-44(64)32(11)53/h14-17,25,27-32,36-43,54,63H,13,18-24,26,53H2,1-12H3,(H,55,64)(H,56,66)(H,57,68)(H,58,67)(H,59,70)(H,60,65)(H,61,69)(H,62,71)(H,72,73)/t31-,32-,36-,37-,38-,39-,40-,41-,42-,43-/m0/s1. The molecule has 2 aromatic rings. The molecule has 0 aliphatic rings. The zero-order chi connectivity index (χ0) is 56.0. The van der Waals surface area contributed by atoms with Crippen molar-refractivity contribution in [1.82, 2.24) is 47.5 Å². The zero-order valence-electron chi connectivity index (χ0n) is 45.4. The lowest BCUT2D eigenvalue weighted by Gasteiger charge is -2.29. The van der Waals surface area contributed by atoms with Gasteiger partial charge in [-0.05, 0) is 92.3 Å². The Hall–Kier alpha value is -5.74. The van der Waals surface area contributed by atoms with Crippen LogP contribution in [0.1, 0.15) is 120 Å². The number of hydrogen-bond donors (Lipinski definition) is 12. The molecule has 0 unspecified atom stereocenters. The molecule has 0 fully saturated rings. The number of fused-ring (bicyclic) bond motifs is 1. The molecule has 0 saturated heterocycles. The summed E-state index contributed by atoms with van der Waals surface area (Å²) < 4.78 is 0. The number of aliphatic carboxylic acids is 1. The van der Waals surface area contributed by atoms with Crippen LogP contribution in [0.5, 0.6) is 0 Å². The number of carbonyl (C=O) groups excluding carboxylic acids is 8. The molecule has 0 spiro atoms. The van der Waals surface area contributed by atoms with Gasteiger partial charge >= 0.3 is 5.97 Å².